The molecule has 0 aliphatic carbocycles. The van der Waals surface area contributed by atoms with Crippen molar-refractivity contribution in [2.45, 2.75) is 25.3 Å². The lowest BCUT2D eigenvalue weighted by Gasteiger charge is -2.25. The maximum Gasteiger partial charge on any atom is 0.252 e. The molecule has 158 valence electrons. The molecule has 3 rings (SSSR count). The molecule has 1 unspecified atom stereocenters. The molecule has 1 atom stereocenters. The Labute approximate surface area is 183 Å². The first-order valence-corrected chi connectivity index (χ1v) is 10.6. The molecule has 1 fully saturated rings. The highest BCUT2D eigenvalue weighted by Crippen LogP contribution is 2.19. The van der Waals surface area contributed by atoms with Crippen molar-refractivity contribution in [1.29, 1.82) is 0 Å². The van der Waals surface area contributed by atoms with Gasteiger partial charge in [0, 0.05) is 36.9 Å². The number of likely N-dealkylation sites (tertiary alicyclic amines) is 1. The van der Waals surface area contributed by atoms with Crippen molar-refractivity contribution < 1.29 is 18.8 Å². The Morgan fingerprint density at radius 2 is 1.93 bits per heavy atom. The second kappa shape index (κ2) is 10.3. The van der Waals surface area contributed by atoms with Gasteiger partial charge in [0.1, 0.15) is 5.82 Å². The molecule has 6 nitrogen and oxygen atoms in total. The molecule has 1 aliphatic rings. The first kappa shape index (κ1) is 22.0. The number of carbonyl (C=O) groups excluding carboxylic acids is 3. The van der Waals surface area contributed by atoms with E-state index in [0.717, 1.165) is 18.1 Å². The molecular formula is C22H23BrFN3O3. The lowest BCUT2D eigenvalue weighted by molar-refractivity contribution is -0.129. The van der Waals surface area contributed by atoms with Crippen molar-refractivity contribution >= 4 is 33.7 Å². The third-order valence-corrected chi connectivity index (χ3v) is 5.61. The lowest BCUT2D eigenvalue weighted by Crippen LogP contribution is -2.39. The van der Waals surface area contributed by atoms with Crippen molar-refractivity contribution in [3.05, 3.63) is 69.9 Å². The summed E-state index contributed by atoms with van der Waals surface area (Å²) in [5.74, 6) is -1.12. The maximum atomic E-state index is 13.4. The quantitative estimate of drug-likeness (QED) is 0.615. The summed E-state index contributed by atoms with van der Waals surface area (Å²) >= 11 is 3.22. The highest BCUT2D eigenvalue weighted by atomic mass is 79.9. The van der Waals surface area contributed by atoms with Gasteiger partial charge >= 0.3 is 0 Å². The van der Waals surface area contributed by atoms with Crippen LogP contribution in [0.4, 0.5) is 4.39 Å². The number of hydrogen-bond acceptors (Lipinski definition) is 3. The van der Waals surface area contributed by atoms with E-state index in [1.807, 2.05) is 30.3 Å². The molecule has 1 aliphatic heterocycles. The lowest BCUT2D eigenvalue weighted by atomic mass is 10.1. The molecule has 0 aromatic heterocycles. The molecular weight excluding hydrogens is 453 g/mol. The minimum Gasteiger partial charge on any atom is -0.351 e. The molecule has 2 aromatic carbocycles. The van der Waals surface area contributed by atoms with E-state index in [1.54, 1.807) is 4.90 Å². The van der Waals surface area contributed by atoms with Crippen LogP contribution in [0.3, 0.4) is 0 Å². The van der Waals surface area contributed by atoms with Gasteiger partial charge < -0.3 is 15.5 Å². The van der Waals surface area contributed by atoms with Gasteiger partial charge in [0.15, 0.2) is 0 Å². The zero-order valence-corrected chi connectivity index (χ0v) is 18.0. The van der Waals surface area contributed by atoms with E-state index in [-0.39, 0.29) is 36.4 Å². The summed E-state index contributed by atoms with van der Waals surface area (Å²) < 4.78 is 13.8. The largest absolute Gasteiger partial charge is 0.351 e. The summed E-state index contributed by atoms with van der Waals surface area (Å²) in [6.07, 6.45) is 1.43. The molecule has 0 spiro atoms. The number of amides is 3. The smallest absolute Gasteiger partial charge is 0.252 e. The van der Waals surface area contributed by atoms with E-state index in [1.165, 1.54) is 12.1 Å². The Hall–Kier alpha value is -2.74. The van der Waals surface area contributed by atoms with Crippen molar-refractivity contribution in [2.24, 2.45) is 0 Å². The number of halogens is 2. The predicted octanol–water partition coefficient (Wildman–Crippen LogP) is 3.19. The molecule has 8 heteroatoms. The van der Waals surface area contributed by atoms with Gasteiger partial charge in [-0.1, -0.05) is 30.3 Å². The van der Waals surface area contributed by atoms with Crippen LogP contribution in [0.2, 0.25) is 0 Å². The molecule has 1 heterocycles. The van der Waals surface area contributed by atoms with Gasteiger partial charge in [0.25, 0.3) is 5.91 Å². The fourth-order valence-corrected chi connectivity index (χ4v) is 3.79. The van der Waals surface area contributed by atoms with Crippen LogP contribution in [-0.4, -0.2) is 42.3 Å². The second-order valence-electron chi connectivity index (χ2n) is 7.10. The molecule has 30 heavy (non-hydrogen) atoms. The summed E-state index contributed by atoms with van der Waals surface area (Å²) in [5.41, 5.74) is 1.09. The standard InChI is InChI=1S/C22H23BrFN3O3/c23-18-9-8-16(24)13-17(18)22(30)25-11-10-20(28)26-19(15-5-2-1-3-6-15)14-27-12-4-7-21(27)29/h1-3,5-6,8-9,13,19H,4,7,10-12,14H2,(H,25,30)(H,26,28). The van der Waals surface area contributed by atoms with Gasteiger partial charge in [-0.15, -0.1) is 0 Å². The molecule has 1 saturated heterocycles. The average molecular weight is 476 g/mol. The summed E-state index contributed by atoms with van der Waals surface area (Å²) in [5, 5.41) is 5.59. The number of benzene rings is 2. The summed E-state index contributed by atoms with van der Waals surface area (Å²) in [6.45, 7) is 1.21. The predicted molar refractivity (Wildman–Crippen MR) is 114 cm³/mol. The third-order valence-electron chi connectivity index (χ3n) is 4.92. The van der Waals surface area contributed by atoms with Gasteiger partial charge in [-0.3, -0.25) is 14.4 Å². The highest BCUT2D eigenvalue weighted by molar-refractivity contribution is 9.10. The molecule has 2 N–H and O–H groups in total. The average Bonchev–Trinajstić information content (AvgIpc) is 3.14. The minimum absolute atomic E-state index is 0.0654. The first-order chi connectivity index (χ1) is 14.4. The Morgan fingerprint density at radius 3 is 2.63 bits per heavy atom. The van der Waals surface area contributed by atoms with Crippen molar-refractivity contribution in [1.82, 2.24) is 15.5 Å². The van der Waals surface area contributed by atoms with Crippen molar-refractivity contribution in [3.8, 4) is 0 Å². The normalized spacial score (nSPS) is 14.5. The second-order valence-corrected chi connectivity index (χ2v) is 7.96. The molecule has 0 saturated carbocycles. The van der Waals surface area contributed by atoms with Crippen LogP contribution in [0.1, 0.15) is 41.2 Å². The fraction of sp³-hybridized carbons (Fsp3) is 0.318. The van der Waals surface area contributed by atoms with Crippen LogP contribution in [0.5, 0.6) is 0 Å². The van der Waals surface area contributed by atoms with E-state index in [0.29, 0.717) is 24.0 Å². The Kier molecular flexibility index (Phi) is 7.57. The zero-order chi connectivity index (χ0) is 21.5. The SMILES string of the molecule is O=C(CCNC(=O)c1cc(F)ccc1Br)NC(CN1CCCC1=O)c1ccccc1. The van der Waals surface area contributed by atoms with Gasteiger partial charge in [-0.2, -0.15) is 0 Å². The molecule has 2 aromatic rings. The van der Waals surface area contributed by atoms with E-state index < -0.39 is 11.7 Å². The van der Waals surface area contributed by atoms with Gasteiger partial charge in [-0.25, -0.2) is 4.39 Å². The van der Waals surface area contributed by atoms with Gasteiger partial charge in [-0.05, 0) is 46.1 Å². The summed E-state index contributed by atoms with van der Waals surface area (Å²) in [7, 11) is 0. The van der Waals surface area contributed by atoms with Gasteiger partial charge in [0.2, 0.25) is 11.8 Å². The summed E-state index contributed by atoms with van der Waals surface area (Å²) in [6, 6.07) is 13.0. The van der Waals surface area contributed by atoms with Crippen LogP contribution in [-0.2, 0) is 9.59 Å². The van der Waals surface area contributed by atoms with E-state index in [4.69, 9.17) is 0 Å². The van der Waals surface area contributed by atoms with E-state index >= 15 is 0 Å². The topological polar surface area (TPSA) is 78.5 Å². The fourth-order valence-electron chi connectivity index (χ4n) is 3.36. The third kappa shape index (κ3) is 5.89. The van der Waals surface area contributed by atoms with Crippen LogP contribution in [0.25, 0.3) is 0 Å². The monoisotopic (exact) mass is 475 g/mol. The Morgan fingerprint density at radius 1 is 1.17 bits per heavy atom. The van der Waals surface area contributed by atoms with Crippen LogP contribution >= 0.6 is 15.9 Å². The van der Waals surface area contributed by atoms with Gasteiger partial charge in [0.05, 0.1) is 11.6 Å². The maximum absolute atomic E-state index is 13.4. The van der Waals surface area contributed by atoms with Crippen LogP contribution in [0, 0.1) is 5.82 Å². The van der Waals surface area contributed by atoms with Crippen LogP contribution < -0.4 is 10.6 Å². The number of nitrogens with one attached hydrogen (secondary N) is 2. The molecule has 3 amide bonds. The van der Waals surface area contributed by atoms with Crippen molar-refractivity contribution in [2.75, 3.05) is 19.6 Å². The number of rotatable bonds is 8. The van der Waals surface area contributed by atoms with Crippen molar-refractivity contribution in [3.63, 3.8) is 0 Å². The zero-order valence-electron chi connectivity index (χ0n) is 16.4. The minimum atomic E-state index is -0.511. The molecule has 0 bridgehead atoms. The molecule has 0 radical (unpaired) electrons. The first-order valence-electron chi connectivity index (χ1n) is 9.79. The van der Waals surface area contributed by atoms with E-state index in [2.05, 4.69) is 26.6 Å². The summed E-state index contributed by atoms with van der Waals surface area (Å²) in [4.78, 5) is 38.5. The van der Waals surface area contributed by atoms with Crippen LogP contribution in [0.15, 0.2) is 53.0 Å². The number of carbonyl (C=O) groups is 3. The Bertz CT molecular complexity index is 923. The van der Waals surface area contributed by atoms with E-state index in [9.17, 15) is 18.8 Å². The number of nitrogens with zero attached hydrogens (tertiary/aromatic N) is 1. The number of hydrogen-bond donors (Lipinski definition) is 2. The highest BCUT2D eigenvalue weighted by Gasteiger charge is 2.25. The Balaban J connectivity index is 1.55.